The number of hydrogen-bond acceptors (Lipinski definition) is 3. The van der Waals surface area contributed by atoms with Crippen LogP contribution >= 0.6 is 15.9 Å². The predicted molar refractivity (Wildman–Crippen MR) is 85.2 cm³/mol. The van der Waals surface area contributed by atoms with Crippen LogP contribution in [0.4, 0.5) is 0 Å². The smallest absolute Gasteiger partial charge is 0.138 e. The Morgan fingerprint density at radius 2 is 2.10 bits per heavy atom. The summed E-state index contributed by atoms with van der Waals surface area (Å²) in [6.07, 6.45) is 2.21. The Morgan fingerprint density at radius 3 is 2.80 bits per heavy atom. The lowest BCUT2D eigenvalue weighted by Crippen LogP contribution is -2.27. The normalized spacial score (nSPS) is 16.6. The van der Waals surface area contributed by atoms with Gasteiger partial charge in [0.2, 0.25) is 0 Å². The van der Waals surface area contributed by atoms with Crippen molar-refractivity contribution in [3.63, 3.8) is 0 Å². The van der Waals surface area contributed by atoms with Gasteiger partial charge in [-0.2, -0.15) is 0 Å². The predicted octanol–water partition coefficient (Wildman–Crippen LogP) is 3.75. The third-order valence-electron chi connectivity index (χ3n) is 3.37. The Morgan fingerprint density at radius 1 is 1.35 bits per heavy atom. The molecule has 3 nitrogen and oxygen atoms in total. The summed E-state index contributed by atoms with van der Waals surface area (Å²) in [6, 6.07) is 6.24. The molecule has 0 radical (unpaired) electrons. The van der Waals surface area contributed by atoms with Crippen LogP contribution in [-0.4, -0.2) is 25.9 Å². The summed E-state index contributed by atoms with van der Waals surface area (Å²) in [5.41, 5.74) is 1.21. The number of rotatable bonds is 6. The fourth-order valence-corrected chi connectivity index (χ4v) is 2.78. The van der Waals surface area contributed by atoms with Crippen LogP contribution in [0, 0.1) is 5.92 Å². The van der Waals surface area contributed by atoms with Gasteiger partial charge in [0, 0.05) is 24.9 Å². The molecule has 4 heteroatoms. The van der Waals surface area contributed by atoms with E-state index in [1.54, 1.807) is 0 Å². The third-order valence-corrected chi connectivity index (χ3v) is 3.99. The van der Waals surface area contributed by atoms with E-state index in [2.05, 4.69) is 47.2 Å². The first kappa shape index (κ1) is 15.8. The molecule has 0 saturated carbocycles. The summed E-state index contributed by atoms with van der Waals surface area (Å²) >= 11 is 3.61. The lowest BCUT2D eigenvalue weighted by molar-refractivity contribution is 0.0248. The lowest BCUT2D eigenvalue weighted by atomic mass is 10.1. The molecular formula is C16H24BrNO2. The number of halogens is 1. The van der Waals surface area contributed by atoms with Gasteiger partial charge in [0.25, 0.3) is 0 Å². The van der Waals surface area contributed by atoms with E-state index in [-0.39, 0.29) is 6.10 Å². The van der Waals surface area contributed by atoms with Crippen molar-refractivity contribution in [2.45, 2.75) is 39.3 Å². The molecular weight excluding hydrogens is 318 g/mol. The summed E-state index contributed by atoms with van der Waals surface area (Å²) in [5.74, 6) is 1.64. The van der Waals surface area contributed by atoms with Crippen molar-refractivity contribution in [2.24, 2.45) is 5.92 Å². The van der Waals surface area contributed by atoms with Crippen LogP contribution in [0.1, 0.15) is 32.3 Å². The topological polar surface area (TPSA) is 30.5 Å². The van der Waals surface area contributed by atoms with E-state index >= 15 is 0 Å². The molecule has 0 aromatic heterocycles. The van der Waals surface area contributed by atoms with Crippen molar-refractivity contribution in [3.05, 3.63) is 28.2 Å². The van der Waals surface area contributed by atoms with Crippen LogP contribution in [0.5, 0.6) is 5.75 Å². The van der Waals surface area contributed by atoms with Crippen molar-refractivity contribution in [2.75, 3.05) is 19.8 Å². The van der Waals surface area contributed by atoms with Crippen LogP contribution in [0.25, 0.3) is 0 Å². The van der Waals surface area contributed by atoms with E-state index in [1.807, 2.05) is 6.07 Å². The van der Waals surface area contributed by atoms with Gasteiger partial charge in [-0.25, -0.2) is 0 Å². The molecule has 0 amide bonds. The van der Waals surface area contributed by atoms with Crippen molar-refractivity contribution < 1.29 is 9.47 Å². The largest absolute Gasteiger partial charge is 0.489 e. The molecule has 1 N–H and O–H groups in total. The fraction of sp³-hybridized carbons (Fsp3) is 0.625. The number of ether oxygens (including phenoxy) is 2. The minimum atomic E-state index is 0.270. The molecule has 0 bridgehead atoms. The molecule has 1 heterocycles. The number of para-hydroxylation sites is 1. The zero-order chi connectivity index (χ0) is 14.4. The second-order valence-electron chi connectivity index (χ2n) is 5.68. The van der Waals surface area contributed by atoms with Gasteiger partial charge in [-0.05, 0) is 34.5 Å². The minimum absolute atomic E-state index is 0.270. The highest BCUT2D eigenvalue weighted by molar-refractivity contribution is 9.10. The van der Waals surface area contributed by atoms with Gasteiger partial charge >= 0.3 is 0 Å². The number of nitrogens with one attached hydrogen (secondary N) is 1. The Kier molecular flexibility index (Phi) is 6.33. The lowest BCUT2D eigenvalue weighted by Gasteiger charge is -2.25. The van der Waals surface area contributed by atoms with Crippen molar-refractivity contribution >= 4 is 15.9 Å². The second-order valence-corrected chi connectivity index (χ2v) is 6.54. The fourth-order valence-electron chi connectivity index (χ4n) is 2.28. The first-order chi connectivity index (χ1) is 9.66. The molecule has 1 aromatic carbocycles. The van der Waals surface area contributed by atoms with Crippen LogP contribution in [0.3, 0.4) is 0 Å². The minimum Gasteiger partial charge on any atom is -0.489 e. The van der Waals surface area contributed by atoms with Gasteiger partial charge in [0.15, 0.2) is 0 Å². The Labute approximate surface area is 130 Å². The van der Waals surface area contributed by atoms with Gasteiger partial charge in [0.05, 0.1) is 17.7 Å². The summed E-state index contributed by atoms with van der Waals surface area (Å²) in [7, 11) is 0. The van der Waals surface area contributed by atoms with E-state index in [1.165, 1.54) is 5.56 Å². The van der Waals surface area contributed by atoms with E-state index < -0.39 is 0 Å². The van der Waals surface area contributed by atoms with E-state index in [0.717, 1.165) is 49.4 Å². The summed E-state index contributed by atoms with van der Waals surface area (Å²) in [4.78, 5) is 0. The Hall–Kier alpha value is -0.580. The molecule has 1 saturated heterocycles. The van der Waals surface area contributed by atoms with Gasteiger partial charge in [-0.3, -0.25) is 0 Å². The summed E-state index contributed by atoms with van der Waals surface area (Å²) in [6.45, 7) is 7.90. The maximum atomic E-state index is 6.21. The van der Waals surface area contributed by atoms with E-state index in [9.17, 15) is 0 Å². The molecule has 2 rings (SSSR count). The van der Waals surface area contributed by atoms with Crippen molar-refractivity contribution in [3.8, 4) is 5.75 Å². The molecule has 0 aliphatic carbocycles. The van der Waals surface area contributed by atoms with Gasteiger partial charge in [0.1, 0.15) is 11.9 Å². The van der Waals surface area contributed by atoms with E-state index in [4.69, 9.17) is 9.47 Å². The Balaban J connectivity index is 2.01. The quantitative estimate of drug-likeness (QED) is 0.854. The van der Waals surface area contributed by atoms with Gasteiger partial charge in [-0.1, -0.05) is 26.0 Å². The zero-order valence-electron chi connectivity index (χ0n) is 12.3. The van der Waals surface area contributed by atoms with Gasteiger partial charge < -0.3 is 14.8 Å². The van der Waals surface area contributed by atoms with E-state index in [0.29, 0.717) is 5.92 Å². The van der Waals surface area contributed by atoms with Crippen LogP contribution in [-0.2, 0) is 11.3 Å². The molecule has 0 spiro atoms. The first-order valence-corrected chi connectivity index (χ1v) is 8.18. The van der Waals surface area contributed by atoms with Crippen LogP contribution in [0.15, 0.2) is 22.7 Å². The standard InChI is InChI=1S/C16H24BrNO2/c1-12(2)10-18-11-13-4-3-5-15(17)16(13)20-14-6-8-19-9-7-14/h3-5,12,14,18H,6-11H2,1-2H3. The highest BCUT2D eigenvalue weighted by Crippen LogP contribution is 2.31. The monoisotopic (exact) mass is 341 g/mol. The Bertz CT molecular complexity index is 417. The summed E-state index contributed by atoms with van der Waals surface area (Å²) < 4.78 is 12.6. The molecule has 1 aliphatic rings. The molecule has 0 atom stereocenters. The maximum absolute atomic E-state index is 6.21. The first-order valence-electron chi connectivity index (χ1n) is 7.39. The van der Waals surface area contributed by atoms with Crippen LogP contribution < -0.4 is 10.1 Å². The maximum Gasteiger partial charge on any atom is 0.138 e. The summed E-state index contributed by atoms with van der Waals surface area (Å²) in [5, 5.41) is 3.48. The molecule has 20 heavy (non-hydrogen) atoms. The molecule has 1 fully saturated rings. The zero-order valence-corrected chi connectivity index (χ0v) is 13.9. The molecule has 0 unspecified atom stereocenters. The van der Waals surface area contributed by atoms with Gasteiger partial charge in [-0.15, -0.1) is 0 Å². The molecule has 1 aliphatic heterocycles. The highest BCUT2D eigenvalue weighted by atomic mass is 79.9. The van der Waals surface area contributed by atoms with Crippen molar-refractivity contribution in [1.82, 2.24) is 5.32 Å². The SMILES string of the molecule is CC(C)CNCc1cccc(Br)c1OC1CCOCC1. The third kappa shape index (κ3) is 4.76. The van der Waals surface area contributed by atoms with Crippen molar-refractivity contribution in [1.29, 1.82) is 0 Å². The van der Waals surface area contributed by atoms with Crippen LogP contribution in [0.2, 0.25) is 0 Å². The molecule has 112 valence electrons. The second kappa shape index (κ2) is 8.01. The average Bonchev–Trinajstić information content (AvgIpc) is 2.43. The highest BCUT2D eigenvalue weighted by Gasteiger charge is 2.18. The number of benzene rings is 1. The average molecular weight is 342 g/mol. The molecule has 1 aromatic rings. The number of hydrogen-bond donors (Lipinski definition) is 1.